The number of para-hydroxylation sites is 3. The molecule has 1 N–H and O–H groups in total. The van der Waals surface area contributed by atoms with E-state index >= 15 is 0 Å². The molecule has 2 aromatic heterocycles. The van der Waals surface area contributed by atoms with Crippen molar-refractivity contribution in [1.29, 1.82) is 0 Å². The number of benzene rings is 3. The molecule has 7 heteroatoms. The number of pyridine rings is 1. The van der Waals surface area contributed by atoms with Crippen molar-refractivity contribution < 1.29 is 14.2 Å². The van der Waals surface area contributed by atoms with Gasteiger partial charge in [-0.05, 0) is 36.4 Å². The zero-order chi connectivity index (χ0) is 23.5. The molecule has 1 amide bonds. The normalized spacial score (nSPS) is 11.1. The summed E-state index contributed by atoms with van der Waals surface area (Å²) in [5.74, 6) is -0.0602. The maximum Gasteiger partial charge on any atom is 0.245 e. The van der Waals surface area contributed by atoms with Crippen molar-refractivity contribution in [1.82, 2.24) is 9.55 Å². The average Bonchev–Trinajstić information content (AvgIpc) is 3.21. The van der Waals surface area contributed by atoms with Gasteiger partial charge >= 0.3 is 0 Å². The van der Waals surface area contributed by atoms with E-state index in [4.69, 9.17) is 0 Å². The van der Waals surface area contributed by atoms with Crippen LogP contribution < -0.4 is 9.88 Å². The topological polar surface area (TPSA) is 67.9 Å². The fourth-order valence-electron chi connectivity index (χ4n) is 4.07. The first-order chi connectivity index (χ1) is 16.6. The minimum absolute atomic E-state index is 0.0293. The fraction of sp³-hybridized carbons (Fsp3) is 0.111. The van der Waals surface area contributed by atoms with E-state index in [2.05, 4.69) is 26.2 Å². The van der Waals surface area contributed by atoms with Gasteiger partial charge in [0.25, 0.3) is 0 Å². The molecule has 168 valence electrons. The third-order valence-corrected chi connectivity index (χ3v) is 6.27. The number of carbonyl (C=O) groups excluding carboxylic acids is 2. The molecule has 0 atom stereocenters. The summed E-state index contributed by atoms with van der Waals surface area (Å²) < 4.78 is 4.89. The lowest BCUT2D eigenvalue weighted by atomic mass is 10.1. The summed E-state index contributed by atoms with van der Waals surface area (Å²) in [7, 11) is 0. The van der Waals surface area contributed by atoms with E-state index < -0.39 is 0 Å². The minimum Gasteiger partial charge on any atom is -0.324 e. The van der Waals surface area contributed by atoms with Crippen LogP contribution in [0.1, 0.15) is 16.8 Å². The van der Waals surface area contributed by atoms with Gasteiger partial charge in [-0.3, -0.25) is 14.6 Å². The molecule has 6 nitrogen and oxygen atoms in total. The molecule has 0 spiro atoms. The van der Waals surface area contributed by atoms with Crippen LogP contribution >= 0.6 is 15.9 Å². The van der Waals surface area contributed by atoms with Gasteiger partial charge in [-0.2, -0.15) is 0 Å². The Morgan fingerprint density at radius 2 is 1.74 bits per heavy atom. The number of halogens is 1. The largest absolute Gasteiger partial charge is 0.324 e. The number of anilines is 1. The maximum atomic E-state index is 12.8. The van der Waals surface area contributed by atoms with Crippen molar-refractivity contribution in [2.24, 2.45) is 0 Å². The van der Waals surface area contributed by atoms with Crippen LogP contribution in [0.4, 0.5) is 5.69 Å². The fourth-order valence-corrected chi connectivity index (χ4v) is 4.33. The summed E-state index contributed by atoms with van der Waals surface area (Å²) >= 11 is 3.40. The van der Waals surface area contributed by atoms with Crippen molar-refractivity contribution in [2.45, 2.75) is 19.5 Å². The predicted molar refractivity (Wildman–Crippen MR) is 136 cm³/mol. The third-order valence-electron chi connectivity index (χ3n) is 5.75. The number of rotatable bonds is 7. The number of imidazole rings is 1. The number of nitrogens with zero attached hydrogens (tertiary/aromatic N) is 3. The zero-order valence-corrected chi connectivity index (χ0v) is 19.9. The first kappa shape index (κ1) is 22.0. The monoisotopic (exact) mass is 513 g/mol. The highest BCUT2D eigenvalue weighted by molar-refractivity contribution is 9.10. The molecule has 0 fully saturated rings. The quantitative estimate of drug-likeness (QED) is 0.241. The van der Waals surface area contributed by atoms with E-state index in [1.165, 1.54) is 0 Å². The van der Waals surface area contributed by atoms with E-state index in [9.17, 15) is 9.59 Å². The highest BCUT2D eigenvalue weighted by atomic mass is 79.9. The van der Waals surface area contributed by atoms with Gasteiger partial charge in [0.15, 0.2) is 17.6 Å². The number of fused-ring (bicyclic) bond motifs is 2. The lowest BCUT2D eigenvalue weighted by molar-refractivity contribution is -0.657. The SMILES string of the molecule is O=C(CCn1c[n+](CC(=O)c2ccc(Br)cc2)c2ccccc21)Nc1cccc2cccnc12. The molecule has 0 aliphatic rings. The van der Waals surface area contributed by atoms with Crippen LogP contribution in [0.5, 0.6) is 0 Å². The van der Waals surface area contributed by atoms with Gasteiger partial charge in [0.2, 0.25) is 18.0 Å². The Morgan fingerprint density at radius 3 is 2.59 bits per heavy atom. The number of aromatic nitrogens is 3. The smallest absolute Gasteiger partial charge is 0.245 e. The van der Waals surface area contributed by atoms with Crippen LogP contribution in [0.3, 0.4) is 0 Å². The highest BCUT2D eigenvalue weighted by Crippen LogP contribution is 2.21. The van der Waals surface area contributed by atoms with Crippen molar-refractivity contribution in [3.05, 3.63) is 101 Å². The zero-order valence-electron chi connectivity index (χ0n) is 18.3. The third kappa shape index (κ3) is 4.61. The number of Topliss-reactive ketones (excluding diaryl/α,β-unsaturated/α-hetero) is 1. The first-order valence-electron chi connectivity index (χ1n) is 11.0. The molecule has 0 aliphatic carbocycles. The second kappa shape index (κ2) is 9.57. The van der Waals surface area contributed by atoms with Crippen LogP contribution in [0.15, 0.2) is 95.9 Å². The lowest BCUT2D eigenvalue weighted by Crippen LogP contribution is -2.36. The van der Waals surface area contributed by atoms with Crippen molar-refractivity contribution in [3.63, 3.8) is 0 Å². The van der Waals surface area contributed by atoms with Crippen LogP contribution in [0.25, 0.3) is 21.9 Å². The number of nitrogens with one attached hydrogen (secondary N) is 1. The summed E-state index contributed by atoms with van der Waals surface area (Å²) in [6.45, 7) is 0.715. The Kier molecular flexibility index (Phi) is 6.18. The Balaban J connectivity index is 1.32. The van der Waals surface area contributed by atoms with Crippen LogP contribution in [0.2, 0.25) is 0 Å². The number of aryl methyl sites for hydroxylation is 1. The Hall–Kier alpha value is -3.84. The molecule has 5 rings (SSSR count). The summed E-state index contributed by atoms with van der Waals surface area (Å²) in [6.07, 6.45) is 3.93. The molecule has 0 radical (unpaired) electrons. The van der Waals surface area contributed by atoms with E-state index in [0.29, 0.717) is 24.2 Å². The molecule has 5 aromatic rings. The van der Waals surface area contributed by atoms with Crippen molar-refractivity contribution in [3.8, 4) is 0 Å². The molecule has 0 bridgehead atoms. The Morgan fingerprint density at radius 1 is 0.941 bits per heavy atom. The van der Waals surface area contributed by atoms with E-state index in [-0.39, 0.29) is 18.2 Å². The molecule has 0 aliphatic heterocycles. The number of hydrogen-bond acceptors (Lipinski definition) is 3. The van der Waals surface area contributed by atoms with E-state index in [1.807, 2.05) is 94.3 Å². The number of carbonyl (C=O) groups is 2. The summed E-state index contributed by atoms with van der Waals surface area (Å²) in [5.41, 5.74) is 4.07. The van der Waals surface area contributed by atoms with Crippen LogP contribution in [-0.4, -0.2) is 21.2 Å². The van der Waals surface area contributed by atoms with E-state index in [0.717, 1.165) is 26.4 Å². The molecular weight excluding hydrogens is 492 g/mol. The molecule has 2 heterocycles. The van der Waals surface area contributed by atoms with Gasteiger partial charge in [0.05, 0.1) is 24.2 Å². The lowest BCUT2D eigenvalue weighted by Gasteiger charge is -2.07. The van der Waals surface area contributed by atoms with Gasteiger partial charge in [-0.15, -0.1) is 0 Å². The summed E-state index contributed by atoms with van der Waals surface area (Å²) in [4.78, 5) is 30.0. The number of ketones is 1. The van der Waals surface area contributed by atoms with Crippen LogP contribution in [0, 0.1) is 0 Å². The minimum atomic E-state index is -0.0894. The van der Waals surface area contributed by atoms with Crippen molar-refractivity contribution >= 4 is 55.2 Å². The maximum absolute atomic E-state index is 12.8. The van der Waals surface area contributed by atoms with E-state index in [1.54, 1.807) is 6.20 Å². The molecule has 34 heavy (non-hydrogen) atoms. The number of hydrogen-bond donors (Lipinski definition) is 1. The second-order valence-electron chi connectivity index (χ2n) is 8.03. The first-order valence-corrected chi connectivity index (χ1v) is 11.8. The molecule has 0 saturated heterocycles. The molecule has 0 saturated carbocycles. The van der Waals surface area contributed by atoms with Gasteiger partial charge < -0.3 is 5.32 Å². The van der Waals surface area contributed by atoms with Crippen LogP contribution in [-0.2, 0) is 17.9 Å². The predicted octanol–water partition coefficient (Wildman–Crippen LogP) is 5.15. The summed E-state index contributed by atoms with van der Waals surface area (Å²) in [5, 5.41) is 3.97. The number of amides is 1. The van der Waals surface area contributed by atoms with Gasteiger partial charge in [0.1, 0.15) is 0 Å². The Labute approximate surface area is 205 Å². The molecule has 3 aromatic carbocycles. The molecular formula is C27H22BrN4O2+. The van der Waals surface area contributed by atoms with Gasteiger partial charge in [-0.25, -0.2) is 9.13 Å². The van der Waals surface area contributed by atoms with Gasteiger partial charge in [0, 0.05) is 21.6 Å². The summed E-state index contributed by atoms with van der Waals surface area (Å²) in [6, 6.07) is 24.9. The molecule has 0 unspecified atom stereocenters. The highest BCUT2D eigenvalue weighted by Gasteiger charge is 2.19. The standard InChI is InChI=1S/C27H21BrN4O2/c28-21-12-10-19(11-13-21)25(33)17-32-18-31(23-8-1-2-9-24(23)32)16-14-26(34)30-22-7-3-5-20-6-4-15-29-27(20)22/h1-13,15,18H,14,16-17H2/p+1. The Bertz CT molecular complexity index is 1500. The average molecular weight is 514 g/mol. The van der Waals surface area contributed by atoms with Crippen molar-refractivity contribution in [2.75, 3.05) is 5.32 Å². The second-order valence-corrected chi connectivity index (χ2v) is 8.95. The van der Waals surface area contributed by atoms with Gasteiger partial charge in [-0.1, -0.05) is 58.4 Å².